The Morgan fingerprint density at radius 1 is 1.11 bits per heavy atom. The maximum atomic E-state index is 11.8. The molecule has 1 saturated heterocycles. The zero-order valence-electron chi connectivity index (χ0n) is 11.4. The summed E-state index contributed by atoms with van der Waals surface area (Å²) in [7, 11) is 1.52. The second-order valence-corrected chi connectivity index (χ2v) is 7.26. The third-order valence-electron chi connectivity index (χ3n) is 6.10. The van der Waals surface area contributed by atoms with Gasteiger partial charge in [-0.3, -0.25) is 9.69 Å². The van der Waals surface area contributed by atoms with Crippen LogP contribution in [0.2, 0.25) is 0 Å². The molecule has 5 rings (SSSR count). The maximum absolute atomic E-state index is 11.8. The zero-order valence-corrected chi connectivity index (χ0v) is 11.4. The first-order valence-corrected chi connectivity index (χ1v) is 7.49. The first-order valence-electron chi connectivity index (χ1n) is 7.49. The van der Waals surface area contributed by atoms with Crippen LogP contribution in [0.15, 0.2) is 0 Å². The molecular formula is C15H23NO2. The van der Waals surface area contributed by atoms with E-state index in [1.54, 1.807) is 0 Å². The van der Waals surface area contributed by atoms with E-state index in [2.05, 4.69) is 11.8 Å². The lowest BCUT2D eigenvalue weighted by atomic mass is 9.53. The molecule has 5 fully saturated rings. The number of methoxy groups -OCH3 is 1. The summed E-state index contributed by atoms with van der Waals surface area (Å²) in [5, 5.41) is 0. The number of nitrogens with zero attached hydrogens (tertiary/aromatic N) is 1. The molecule has 0 aromatic carbocycles. The van der Waals surface area contributed by atoms with Crippen molar-refractivity contribution >= 4 is 5.97 Å². The van der Waals surface area contributed by atoms with E-state index in [0.717, 1.165) is 17.8 Å². The van der Waals surface area contributed by atoms with E-state index in [-0.39, 0.29) is 12.0 Å². The van der Waals surface area contributed by atoms with Gasteiger partial charge in [-0.05, 0) is 63.2 Å². The molecule has 0 aromatic heterocycles. The highest BCUT2D eigenvalue weighted by Gasteiger charge is 2.64. The lowest BCUT2D eigenvalue weighted by Gasteiger charge is -2.57. The van der Waals surface area contributed by atoms with Gasteiger partial charge in [0.1, 0.15) is 6.04 Å². The SMILES string of the molecule is COC(=O)C1C(C)N1C12CC3CC(CC(C3)C1)C2. The summed E-state index contributed by atoms with van der Waals surface area (Å²) in [4.78, 5) is 14.3. The normalized spacial score (nSPS) is 56.6. The third kappa shape index (κ3) is 1.37. The Morgan fingerprint density at radius 3 is 2.06 bits per heavy atom. The smallest absolute Gasteiger partial charge is 0.324 e. The van der Waals surface area contributed by atoms with Crippen molar-refractivity contribution in [2.75, 3.05) is 7.11 Å². The molecule has 100 valence electrons. The van der Waals surface area contributed by atoms with Crippen LogP contribution in [0.5, 0.6) is 0 Å². The van der Waals surface area contributed by atoms with E-state index in [0.29, 0.717) is 11.6 Å². The van der Waals surface area contributed by atoms with Crippen molar-refractivity contribution < 1.29 is 9.53 Å². The van der Waals surface area contributed by atoms with Gasteiger partial charge >= 0.3 is 5.97 Å². The molecule has 5 aliphatic rings. The highest BCUT2D eigenvalue weighted by atomic mass is 16.5. The lowest BCUT2D eigenvalue weighted by molar-refractivity contribution is -0.142. The quantitative estimate of drug-likeness (QED) is 0.555. The van der Waals surface area contributed by atoms with Crippen LogP contribution < -0.4 is 0 Å². The Kier molecular flexibility index (Phi) is 2.19. The van der Waals surface area contributed by atoms with Gasteiger partial charge in [-0.15, -0.1) is 0 Å². The van der Waals surface area contributed by atoms with E-state index in [1.807, 2.05) is 0 Å². The van der Waals surface area contributed by atoms with E-state index < -0.39 is 0 Å². The largest absolute Gasteiger partial charge is 0.468 e. The highest BCUT2D eigenvalue weighted by Crippen LogP contribution is 2.61. The van der Waals surface area contributed by atoms with Crippen LogP contribution in [0, 0.1) is 17.8 Å². The molecule has 0 amide bonds. The van der Waals surface area contributed by atoms with Gasteiger partial charge in [0.25, 0.3) is 0 Å². The summed E-state index contributed by atoms with van der Waals surface area (Å²) in [6.45, 7) is 2.19. The van der Waals surface area contributed by atoms with Crippen molar-refractivity contribution in [1.29, 1.82) is 0 Å². The predicted octanol–water partition coefficient (Wildman–Crippen LogP) is 2.20. The van der Waals surface area contributed by atoms with Gasteiger partial charge in [-0.1, -0.05) is 0 Å². The Labute approximate surface area is 109 Å². The number of carbonyl (C=O) groups excluding carboxylic acids is 1. The summed E-state index contributed by atoms with van der Waals surface area (Å²) in [5.74, 6) is 2.82. The molecule has 0 radical (unpaired) electrons. The van der Waals surface area contributed by atoms with E-state index in [1.165, 1.54) is 45.6 Å². The monoisotopic (exact) mass is 249 g/mol. The van der Waals surface area contributed by atoms with Crippen molar-refractivity contribution in [2.24, 2.45) is 17.8 Å². The number of ether oxygens (including phenoxy) is 1. The van der Waals surface area contributed by atoms with Crippen LogP contribution in [-0.2, 0) is 9.53 Å². The van der Waals surface area contributed by atoms with Gasteiger partial charge < -0.3 is 4.74 Å². The molecule has 4 bridgehead atoms. The maximum Gasteiger partial charge on any atom is 0.324 e. The average Bonchev–Trinajstić information content (AvgIpc) is 2.99. The fraction of sp³-hybridized carbons (Fsp3) is 0.933. The molecule has 0 N–H and O–H groups in total. The van der Waals surface area contributed by atoms with Gasteiger partial charge in [-0.2, -0.15) is 0 Å². The van der Waals surface area contributed by atoms with Crippen LogP contribution in [0.4, 0.5) is 0 Å². The summed E-state index contributed by atoms with van der Waals surface area (Å²) in [6.07, 6.45) is 8.42. The second-order valence-electron chi connectivity index (χ2n) is 7.26. The van der Waals surface area contributed by atoms with Crippen molar-refractivity contribution in [3.63, 3.8) is 0 Å². The Hall–Kier alpha value is -0.570. The predicted molar refractivity (Wildman–Crippen MR) is 68.0 cm³/mol. The third-order valence-corrected chi connectivity index (χ3v) is 6.10. The standard InChI is InChI=1S/C15H23NO2/c1-9-13(14(17)18-2)16(9)15-6-10-3-11(7-15)5-12(4-10)8-15/h9-13H,3-8H2,1-2H3. The number of hydrogen-bond donors (Lipinski definition) is 0. The van der Waals surface area contributed by atoms with E-state index in [4.69, 9.17) is 4.74 Å². The minimum absolute atomic E-state index is 0.0155. The van der Waals surface area contributed by atoms with Gasteiger partial charge in [0.15, 0.2) is 0 Å². The molecule has 0 aromatic rings. The average molecular weight is 249 g/mol. The number of hydrogen-bond acceptors (Lipinski definition) is 3. The fourth-order valence-electron chi connectivity index (χ4n) is 5.89. The summed E-state index contributed by atoms with van der Waals surface area (Å²) >= 11 is 0. The molecule has 3 atom stereocenters. The fourth-order valence-corrected chi connectivity index (χ4v) is 5.89. The van der Waals surface area contributed by atoms with Gasteiger partial charge in [0, 0.05) is 11.6 Å². The molecule has 4 aliphatic carbocycles. The molecule has 3 nitrogen and oxygen atoms in total. The zero-order chi connectivity index (χ0) is 12.5. The number of rotatable bonds is 2. The molecule has 3 unspecified atom stereocenters. The van der Waals surface area contributed by atoms with Crippen LogP contribution in [0.3, 0.4) is 0 Å². The highest BCUT2D eigenvalue weighted by molar-refractivity contribution is 5.80. The summed E-state index contributed by atoms with van der Waals surface area (Å²) in [6, 6.07) is 0.472. The van der Waals surface area contributed by atoms with Crippen LogP contribution in [-0.4, -0.2) is 35.6 Å². The van der Waals surface area contributed by atoms with E-state index in [9.17, 15) is 4.79 Å². The Bertz CT molecular complexity index is 357. The number of esters is 1. The van der Waals surface area contributed by atoms with Crippen molar-refractivity contribution in [2.45, 2.75) is 63.1 Å². The number of carbonyl (C=O) groups is 1. The summed E-state index contributed by atoms with van der Waals surface area (Å²) in [5.41, 5.74) is 0.368. The molecule has 3 heteroatoms. The minimum atomic E-state index is -0.0155. The van der Waals surface area contributed by atoms with Gasteiger partial charge in [-0.25, -0.2) is 0 Å². The first-order chi connectivity index (χ1) is 8.63. The molecule has 4 saturated carbocycles. The molecule has 18 heavy (non-hydrogen) atoms. The van der Waals surface area contributed by atoms with Crippen molar-refractivity contribution in [3.8, 4) is 0 Å². The first kappa shape index (κ1) is 11.3. The van der Waals surface area contributed by atoms with Crippen LogP contribution in [0.25, 0.3) is 0 Å². The Balaban J connectivity index is 1.60. The molecule has 1 aliphatic heterocycles. The summed E-state index contributed by atoms with van der Waals surface area (Å²) < 4.78 is 4.96. The second kappa shape index (κ2) is 3.50. The van der Waals surface area contributed by atoms with Crippen molar-refractivity contribution in [1.82, 2.24) is 4.90 Å². The minimum Gasteiger partial charge on any atom is -0.468 e. The van der Waals surface area contributed by atoms with Crippen LogP contribution >= 0.6 is 0 Å². The van der Waals surface area contributed by atoms with Gasteiger partial charge in [0.05, 0.1) is 7.11 Å². The topological polar surface area (TPSA) is 29.3 Å². The molecular weight excluding hydrogens is 226 g/mol. The molecule has 1 heterocycles. The van der Waals surface area contributed by atoms with Crippen LogP contribution in [0.1, 0.15) is 45.4 Å². The lowest BCUT2D eigenvalue weighted by Crippen LogP contribution is -2.55. The Morgan fingerprint density at radius 2 is 1.61 bits per heavy atom. The van der Waals surface area contributed by atoms with Gasteiger partial charge in [0.2, 0.25) is 0 Å². The molecule has 0 spiro atoms. The van der Waals surface area contributed by atoms with E-state index >= 15 is 0 Å². The van der Waals surface area contributed by atoms with Crippen molar-refractivity contribution in [3.05, 3.63) is 0 Å².